The molecule has 0 spiro atoms. The molecular formula is C18H33N3. The molecule has 0 radical (unpaired) electrons. The van der Waals surface area contributed by atoms with Crippen molar-refractivity contribution >= 4 is 0 Å². The number of hydrogen-bond acceptors (Lipinski definition) is 3. The smallest absolute Gasteiger partial charge is 0.0177 e. The number of nitrogens with one attached hydrogen (secondary N) is 1. The van der Waals surface area contributed by atoms with Crippen molar-refractivity contribution < 1.29 is 0 Å². The van der Waals surface area contributed by atoms with Crippen molar-refractivity contribution in [3.63, 3.8) is 0 Å². The summed E-state index contributed by atoms with van der Waals surface area (Å²) in [5.74, 6) is 0. The predicted molar refractivity (Wildman–Crippen MR) is 93.0 cm³/mol. The molecule has 0 amide bonds. The van der Waals surface area contributed by atoms with E-state index < -0.39 is 0 Å². The van der Waals surface area contributed by atoms with Crippen molar-refractivity contribution in [2.75, 3.05) is 47.3 Å². The maximum Gasteiger partial charge on any atom is 0.0177 e. The van der Waals surface area contributed by atoms with E-state index in [4.69, 9.17) is 0 Å². The third kappa shape index (κ3) is 6.60. The van der Waals surface area contributed by atoms with Gasteiger partial charge in [-0.05, 0) is 26.7 Å². The molecule has 21 heavy (non-hydrogen) atoms. The number of benzene rings is 1. The standard InChI is InChI=1S/C18H33N3/c1-16(2)19-14-18(3,17-10-8-7-9-11-17)15-21(6)13-12-20(4)5/h7-11,16,19H,12-15H2,1-6H3. The summed E-state index contributed by atoms with van der Waals surface area (Å²) >= 11 is 0. The van der Waals surface area contributed by atoms with Crippen LogP contribution in [0.2, 0.25) is 0 Å². The molecule has 0 fully saturated rings. The van der Waals surface area contributed by atoms with Crippen LogP contribution in [-0.4, -0.2) is 63.2 Å². The highest BCUT2D eigenvalue weighted by molar-refractivity contribution is 5.25. The van der Waals surface area contributed by atoms with Gasteiger partial charge in [-0.3, -0.25) is 0 Å². The van der Waals surface area contributed by atoms with Gasteiger partial charge in [-0.25, -0.2) is 0 Å². The third-order valence-corrected chi connectivity index (χ3v) is 3.92. The molecule has 0 aliphatic carbocycles. The average Bonchev–Trinajstić information content (AvgIpc) is 2.44. The number of nitrogens with zero attached hydrogens (tertiary/aromatic N) is 2. The Morgan fingerprint density at radius 2 is 1.67 bits per heavy atom. The Kier molecular flexibility index (Phi) is 7.36. The molecule has 1 rings (SSSR count). The molecule has 0 bridgehead atoms. The van der Waals surface area contributed by atoms with Gasteiger partial charge in [0.25, 0.3) is 0 Å². The Morgan fingerprint density at radius 3 is 2.19 bits per heavy atom. The van der Waals surface area contributed by atoms with Gasteiger partial charge in [0.15, 0.2) is 0 Å². The molecule has 1 aromatic rings. The molecular weight excluding hydrogens is 258 g/mol. The fourth-order valence-corrected chi connectivity index (χ4v) is 2.56. The van der Waals surface area contributed by atoms with Crippen LogP contribution in [0.5, 0.6) is 0 Å². The Hall–Kier alpha value is -0.900. The van der Waals surface area contributed by atoms with Crippen molar-refractivity contribution in [3.8, 4) is 0 Å². The molecule has 1 atom stereocenters. The quantitative estimate of drug-likeness (QED) is 0.754. The van der Waals surface area contributed by atoms with Crippen molar-refractivity contribution in [1.29, 1.82) is 0 Å². The minimum Gasteiger partial charge on any atom is -0.314 e. The van der Waals surface area contributed by atoms with Crippen molar-refractivity contribution in [3.05, 3.63) is 35.9 Å². The lowest BCUT2D eigenvalue weighted by molar-refractivity contribution is 0.225. The van der Waals surface area contributed by atoms with E-state index in [9.17, 15) is 0 Å². The second-order valence-corrected chi connectivity index (χ2v) is 7.00. The second-order valence-electron chi connectivity index (χ2n) is 7.00. The SMILES string of the molecule is CC(C)NCC(C)(CN(C)CCN(C)C)c1ccccc1. The summed E-state index contributed by atoms with van der Waals surface area (Å²) in [6.07, 6.45) is 0. The number of rotatable bonds is 9. The summed E-state index contributed by atoms with van der Waals surface area (Å²) in [6.45, 7) is 11.0. The lowest BCUT2D eigenvalue weighted by Crippen LogP contribution is -2.47. The maximum absolute atomic E-state index is 3.62. The van der Waals surface area contributed by atoms with Crippen LogP contribution < -0.4 is 5.32 Å². The van der Waals surface area contributed by atoms with Gasteiger partial charge < -0.3 is 15.1 Å². The third-order valence-electron chi connectivity index (χ3n) is 3.92. The molecule has 3 nitrogen and oxygen atoms in total. The van der Waals surface area contributed by atoms with Gasteiger partial charge in [-0.2, -0.15) is 0 Å². The first-order valence-electron chi connectivity index (χ1n) is 7.96. The van der Waals surface area contributed by atoms with Gasteiger partial charge in [0.2, 0.25) is 0 Å². The van der Waals surface area contributed by atoms with Crippen molar-refractivity contribution in [2.24, 2.45) is 0 Å². The van der Waals surface area contributed by atoms with Gasteiger partial charge in [-0.1, -0.05) is 51.1 Å². The monoisotopic (exact) mass is 291 g/mol. The predicted octanol–water partition coefficient (Wildman–Crippen LogP) is 2.44. The van der Waals surface area contributed by atoms with E-state index >= 15 is 0 Å². The van der Waals surface area contributed by atoms with Gasteiger partial charge in [-0.15, -0.1) is 0 Å². The maximum atomic E-state index is 3.62. The molecule has 1 N–H and O–H groups in total. The molecule has 1 unspecified atom stereocenters. The van der Waals surface area contributed by atoms with Gasteiger partial charge in [0, 0.05) is 37.6 Å². The average molecular weight is 291 g/mol. The molecule has 0 aliphatic rings. The molecule has 0 saturated carbocycles. The number of likely N-dealkylation sites (N-methyl/N-ethyl adjacent to an activating group) is 2. The Bertz CT molecular complexity index is 389. The van der Waals surface area contributed by atoms with Gasteiger partial charge in [0.1, 0.15) is 0 Å². The van der Waals surface area contributed by atoms with Crippen LogP contribution in [0.15, 0.2) is 30.3 Å². The van der Waals surface area contributed by atoms with Crippen LogP contribution in [0.4, 0.5) is 0 Å². The molecule has 0 saturated heterocycles. The molecule has 0 aliphatic heterocycles. The summed E-state index contributed by atoms with van der Waals surface area (Å²) in [5.41, 5.74) is 1.54. The van der Waals surface area contributed by atoms with Crippen LogP contribution in [0.1, 0.15) is 26.3 Å². The van der Waals surface area contributed by atoms with Crippen LogP contribution in [0, 0.1) is 0 Å². The van der Waals surface area contributed by atoms with Gasteiger partial charge in [0.05, 0.1) is 0 Å². The van der Waals surface area contributed by atoms with E-state index in [0.29, 0.717) is 6.04 Å². The fourth-order valence-electron chi connectivity index (χ4n) is 2.56. The van der Waals surface area contributed by atoms with Crippen LogP contribution >= 0.6 is 0 Å². The van der Waals surface area contributed by atoms with Gasteiger partial charge >= 0.3 is 0 Å². The largest absolute Gasteiger partial charge is 0.314 e. The van der Waals surface area contributed by atoms with E-state index in [1.165, 1.54) is 5.56 Å². The lowest BCUT2D eigenvalue weighted by Gasteiger charge is -2.36. The highest BCUT2D eigenvalue weighted by atomic mass is 15.2. The molecule has 3 heteroatoms. The second kappa shape index (κ2) is 8.52. The van der Waals surface area contributed by atoms with Crippen LogP contribution in [0.25, 0.3) is 0 Å². The Morgan fingerprint density at radius 1 is 1.05 bits per heavy atom. The van der Waals surface area contributed by atoms with Crippen molar-refractivity contribution in [2.45, 2.75) is 32.2 Å². The van der Waals surface area contributed by atoms with Crippen LogP contribution in [0.3, 0.4) is 0 Å². The lowest BCUT2D eigenvalue weighted by atomic mass is 9.81. The normalized spacial score (nSPS) is 14.9. The Labute approximate surface area is 131 Å². The van der Waals surface area contributed by atoms with Crippen LogP contribution in [-0.2, 0) is 5.41 Å². The molecule has 120 valence electrons. The first kappa shape index (κ1) is 18.1. The van der Waals surface area contributed by atoms with E-state index in [2.05, 4.69) is 87.4 Å². The highest BCUT2D eigenvalue weighted by Gasteiger charge is 2.28. The minimum atomic E-state index is 0.132. The first-order chi connectivity index (χ1) is 9.83. The van der Waals surface area contributed by atoms with E-state index in [-0.39, 0.29) is 5.41 Å². The summed E-state index contributed by atoms with van der Waals surface area (Å²) < 4.78 is 0. The summed E-state index contributed by atoms with van der Waals surface area (Å²) in [5, 5.41) is 3.62. The minimum absolute atomic E-state index is 0.132. The number of hydrogen-bond donors (Lipinski definition) is 1. The highest BCUT2D eigenvalue weighted by Crippen LogP contribution is 2.24. The molecule has 0 heterocycles. The van der Waals surface area contributed by atoms with Crippen molar-refractivity contribution in [1.82, 2.24) is 15.1 Å². The summed E-state index contributed by atoms with van der Waals surface area (Å²) in [4.78, 5) is 4.68. The Balaban J connectivity index is 2.77. The van der Waals surface area contributed by atoms with E-state index in [0.717, 1.165) is 26.2 Å². The fraction of sp³-hybridized carbons (Fsp3) is 0.667. The summed E-state index contributed by atoms with van der Waals surface area (Å²) in [6, 6.07) is 11.4. The topological polar surface area (TPSA) is 18.5 Å². The van der Waals surface area contributed by atoms with E-state index in [1.807, 2.05) is 0 Å². The zero-order valence-corrected chi connectivity index (χ0v) is 14.7. The molecule has 1 aromatic carbocycles. The van der Waals surface area contributed by atoms with E-state index in [1.54, 1.807) is 0 Å². The first-order valence-corrected chi connectivity index (χ1v) is 7.96. The zero-order valence-electron chi connectivity index (χ0n) is 14.7. The molecule has 0 aromatic heterocycles. The summed E-state index contributed by atoms with van der Waals surface area (Å²) in [7, 11) is 6.48. The zero-order chi connectivity index (χ0) is 15.9.